The molecule has 0 amide bonds. The van der Waals surface area contributed by atoms with Gasteiger partial charge in [0.15, 0.2) is 0 Å². The second-order valence-corrected chi connectivity index (χ2v) is 12.5. The molecule has 0 N–H and O–H groups in total. The Morgan fingerprint density at radius 2 is 0.947 bits per heavy atom. The summed E-state index contributed by atoms with van der Waals surface area (Å²) in [6, 6.07) is 12.5. The van der Waals surface area contributed by atoms with Crippen LogP contribution in [0.1, 0.15) is 0 Å². The van der Waals surface area contributed by atoms with Crippen LogP contribution in [0, 0.1) is 0 Å². The van der Waals surface area contributed by atoms with E-state index < -0.39 is 21.4 Å². The molecule has 3 heterocycles. The van der Waals surface area contributed by atoms with Gasteiger partial charge in [-0.25, -0.2) is 0 Å². The summed E-state index contributed by atoms with van der Waals surface area (Å²) in [6.07, 6.45) is 11.4. The van der Waals surface area contributed by atoms with Crippen molar-refractivity contribution in [3.63, 3.8) is 0 Å². The first-order valence-electron chi connectivity index (χ1n) is 6.15. The minimum absolute atomic E-state index is 1.35. The van der Waals surface area contributed by atoms with Gasteiger partial charge in [0.25, 0.3) is 0 Å². The van der Waals surface area contributed by atoms with Gasteiger partial charge in [-0.3, -0.25) is 0 Å². The Labute approximate surface area is 119 Å². The molecule has 19 heavy (non-hydrogen) atoms. The number of nitrogens with zero attached hydrogens (tertiary/aromatic N) is 3. The van der Waals surface area contributed by atoms with E-state index in [1.165, 1.54) is 9.96 Å². The summed E-state index contributed by atoms with van der Waals surface area (Å²) in [5.74, 6) is 0. The van der Waals surface area contributed by atoms with Gasteiger partial charge in [-0.2, -0.15) is 0 Å². The maximum atomic E-state index is 4.27. The van der Waals surface area contributed by atoms with Gasteiger partial charge in [0.05, 0.1) is 0 Å². The molecule has 0 aromatic carbocycles. The number of pyridine rings is 3. The molecule has 0 spiro atoms. The fourth-order valence-corrected chi connectivity index (χ4v) is 10.1. The molecule has 0 saturated carbocycles. The second-order valence-electron chi connectivity index (χ2n) is 4.29. The van der Waals surface area contributed by atoms with Crippen LogP contribution in [0.3, 0.4) is 0 Å². The van der Waals surface area contributed by atoms with E-state index in [0.29, 0.717) is 0 Å². The van der Waals surface area contributed by atoms with Gasteiger partial charge < -0.3 is 0 Å². The Kier molecular flexibility index (Phi) is 3.89. The molecule has 0 bridgehead atoms. The van der Waals surface area contributed by atoms with Crippen molar-refractivity contribution in [3.05, 3.63) is 73.6 Å². The van der Waals surface area contributed by atoms with E-state index in [0.717, 1.165) is 0 Å². The molecule has 4 heteroatoms. The van der Waals surface area contributed by atoms with Crippen LogP contribution in [0.2, 0.25) is 0 Å². The maximum absolute atomic E-state index is 4.27. The van der Waals surface area contributed by atoms with E-state index in [4.69, 9.17) is 0 Å². The summed E-state index contributed by atoms with van der Waals surface area (Å²) in [5.41, 5.74) is 0. The van der Waals surface area contributed by atoms with Crippen molar-refractivity contribution in [2.75, 3.05) is 0 Å². The van der Waals surface area contributed by atoms with E-state index in [9.17, 15) is 0 Å². The van der Waals surface area contributed by atoms with Gasteiger partial charge >= 0.3 is 120 Å². The summed E-state index contributed by atoms with van der Waals surface area (Å²) < 4.78 is 4.06. The molecule has 3 aromatic rings. The van der Waals surface area contributed by atoms with Crippen molar-refractivity contribution >= 4 is 31.4 Å². The van der Waals surface area contributed by atoms with E-state index in [1.54, 1.807) is 0 Å². The van der Waals surface area contributed by atoms with Gasteiger partial charge in [-0.05, 0) is 0 Å². The Morgan fingerprint density at radius 1 is 0.579 bits per heavy atom. The van der Waals surface area contributed by atoms with Crippen LogP contribution in [-0.4, -0.2) is 36.4 Å². The van der Waals surface area contributed by atoms with Crippen molar-refractivity contribution in [1.29, 1.82) is 0 Å². The molecular weight excluding hydrogens is 337 g/mol. The molecule has 0 saturated heterocycles. The third kappa shape index (κ3) is 2.84. The van der Waals surface area contributed by atoms with Crippen molar-refractivity contribution in [2.45, 2.75) is 0 Å². The second kappa shape index (κ2) is 5.97. The summed E-state index contributed by atoms with van der Waals surface area (Å²) in [5, 5.41) is 0. The predicted molar refractivity (Wildman–Crippen MR) is 77.4 cm³/mol. The van der Waals surface area contributed by atoms with Gasteiger partial charge in [0, 0.05) is 0 Å². The van der Waals surface area contributed by atoms with E-state index in [2.05, 4.69) is 33.2 Å². The predicted octanol–water partition coefficient (Wildman–Crippen LogP) is 0.388. The molecule has 0 radical (unpaired) electrons. The van der Waals surface area contributed by atoms with Crippen molar-refractivity contribution in [1.82, 2.24) is 15.0 Å². The van der Waals surface area contributed by atoms with Crippen LogP contribution < -0.4 is 9.96 Å². The number of aromatic nitrogens is 3. The zero-order chi connectivity index (χ0) is 12.9. The molecule has 0 aliphatic heterocycles. The minimum atomic E-state index is -2.32. The van der Waals surface area contributed by atoms with E-state index >= 15 is 0 Å². The normalized spacial score (nSPS) is 10.1. The van der Waals surface area contributed by atoms with Gasteiger partial charge in [0.1, 0.15) is 0 Å². The van der Waals surface area contributed by atoms with Crippen molar-refractivity contribution in [3.8, 4) is 0 Å². The van der Waals surface area contributed by atoms with Crippen LogP contribution >= 0.6 is 0 Å². The Hall–Kier alpha value is -1.68. The fraction of sp³-hybridized carbons (Fsp3) is 0. The van der Waals surface area contributed by atoms with Gasteiger partial charge in [-0.15, -0.1) is 0 Å². The Bertz CT molecular complexity index is 535. The first kappa shape index (κ1) is 12.4. The first-order valence-corrected chi connectivity index (χ1v) is 11.1. The summed E-state index contributed by atoms with van der Waals surface area (Å²) >= 11 is -2.32. The average Bonchev–Trinajstić information content (AvgIpc) is 2.51. The zero-order valence-corrected chi connectivity index (χ0v) is 13.6. The SMILES string of the molecule is c1cnc[c]([In]([c]2cccnc2)[c]2cccnc2)c1. The summed E-state index contributed by atoms with van der Waals surface area (Å²) in [7, 11) is 0. The van der Waals surface area contributed by atoms with Crippen LogP contribution in [0.5, 0.6) is 0 Å². The molecule has 3 nitrogen and oxygen atoms in total. The first-order chi connectivity index (χ1) is 9.45. The third-order valence-electron chi connectivity index (χ3n) is 3.05. The average molecular weight is 349 g/mol. The quantitative estimate of drug-likeness (QED) is 0.687. The molecule has 90 valence electrons. The summed E-state index contributed by atoms with van der Waals surface area (Å²) in [4.78, 5) is 12.8. The molecule has 0 aliphatic rings. The van der Waals surface area contributed by atoms with Crippen LogP contribution in [-0.2, 0) is 0 Å². The Balaban J connectivity index is 2.12. The van der Waals surface area contributed by atoms with E-state index in [1.807, 2.05) is 55.4 Å². The van der Waals surface area contributed by atoms with Crippen LogP contribution in [0.15, 0.2) is 73.6 Å². The van der Waals surface area contributed by atoms with Crippen molar-refractivity contribution in [2.24, 2.45) is 0 Å². The Morgan fingerprint density at radius 3 is 1.21 bits per heavy atom. The fourth-order valence-electron chi connectivity index (χ4n) is 2.22. The number of hydrogen-bond acceptors (Lipinski definition) is 3. The van der Waals surface area contributed by atoms with E-state index in [-0.39, 0.29) is 0 Å². The van der Waals surface area contributed by atoms with Crippen LogP contribution in [0.4, 0.5) is 0 Å². The summed E-state index contributed by atoms with van der Waals surface area (Å²) in [6.45, 7) is 0. The van der Waals surface area contributed by atoms with Crippen molar-refractivity contribution < 1.29 is 0 Å². The molecule has 0 fully saturated rings. The molecular formula is C15H12InN3. The topological polar surface area (TPSA) is 38.7 Å². The van der Waals surface area contributed by atoms with Gasteiger partial charge in [0.2, 0.25) is 0 Å². The number of hydrogen-bond donors (Lipinski definition) is 0. The zero-order valence-electron chi connectivity index (χ0n) is 10.3. The third-order valence-corrected chi connectivity index (χ3v) is 11.7. The molecule has 3 aromatic heterocycles. The van der Waals surface area contributed by atoms with Crippen LogP contribution in [0.25, 0.3) is 0 Å². The molecule has 0 atom stereocenters. The number of rotatable bonds is 3. The molecule has 0 aliphatic carbocycles. The molecule has 0 unspecified atom stereocenters. The standard InChI is InChI=1S/3C5H4N.In/c3*1-2-4-6-5-3-1;/h3*1-2,4-5H;. The monoisotopic (exact) mass is 349 g/mol. The molecule has 3 rings (SSSR count). The van der Waals surface area contributed by atoms with Gasteiger partial charge in [-0.1, -0.05) is 0 Å².